The van der Waals surface area contributed by atoms with Gasteiger partial charge >= 0.3 is 0 Å². The Kier molecular flexibility index (Phi) is 5.99. The van der Waals surface area contributed by atoms with Gasteiger partial charge in [0.2, 0.25) is 5.91 Å². The van der Waals surface area contributed by atoms with Gasteiger partial charge in [0, 0.05) is 44.4 Å². The fourth-order valence-corrected chi connectivity index (χ4v) is 5.49. The number of nitrogens with one attached hydrogen (secondary N) is 1. The molecule has 1 N–H and O–H groups in total. The first kappa shape index (κ1) is 21.5. The van der Waals surface area contributed by atoms with Gasteiger partial charge < -0.3 is 23.9 Å². The lowest BCUT2D eigenvalue weighted by Gasteiger charge is -2.45. The molecule has 2 fully saturated rings. The van der Waals surface area contributed by atoms with E-state index in [1.807, 2.05) is 23.6 Å². The van der Waals surface area contributed by atoms with Crippen LogP contribution in [0.3, 0.4) is 0 Å². The van der Waals surface area contributed by atoms with Crippen LogP contribution in [0.1, 0.15) is 55.9 Å². The van der Waals surface area contributed by atoms with E-state index in [2.05, 4.69) is 10.2 Å². The Morgan fingerprint density at radius 1 is 1.19 bits per heavy atom. The maximum Gasteiger partial charge on any atom is 0.271 e. The van der Waals surface area contributed by atoms with Gasteiger partial charge in [0.15, 0.2) is 5.58 Å². The molecule has 1 saturated carbocycles. The Balaban J connectivity index is 1.38. The number of morpholine rings is 1. The van der Waals surface area contributed by atoms with Crippen molar-refractivity contribution < 1.29 is 18.7 Å². The van der Waals surface area contributed by atoms with Crippen LogP contribution in [-0.4, -0.2) is 77.2 Å². The predicted molar refractivity (Wildman–Crippen MR) is 121 cm³/mol. The third-order valence-electron chi connectivity index (χ3n) is 7.44. The van der Waals surface area contributed by atoms with Crippen molar-refractivity contribution in [2.24, 2.45) is 0 Å². The first-order chi connectivity index (χ1) is 15.6. The van der Waals surface area contributed by atoms with Gasteiger partial charge in [0.1, 0.15) is 11.2 Å². The van der Waals surface area contributed by atoms with Crippen LogP contribution in [0.25, 0.3) is 11.1 Å². The molecule has 5 rings (SSSR count). The average molecular weight is 443 g/mol. The highest BCUT2D eigenvalue weighted by molar-refractivity contribution is 6.02. The minimum atomic E-state index is -0.935. The molecule has 1 aliphatic carbocycles. The van der Waals surface area contributed by atoms with E-state index in [1.54, 1.807) is 11.2 Å². The second-order valence-corrected chi connectivity index (χ2v) is 9.63. The molecular formula is C24H34N4O4. The van der Waals surface area contributed by atoms with Crippen LogP contribution < -0.4 is 5.32 Å². The number of carbonyl (C=O) groups is 2. The fourth-order valence-electron chi connectivity index (χ4n) is 5.49. The van der Waals surface area contributed by atoms with E-state index < -0.39 is 5.54 Å². The normalized spacial score (nSPS) is 25.3. The number of furan rings is 1. The van der Waals surface area contributed by atoms with Crippen molar-refractivity contribution in [3.05, 3.63) is 24.1 Å². The van der Waals surface area contributed by atoms with Crippen molar-refractivity contribution in [2.75, 3.05) is 39.4 Å². The molecule has 2 aliphatic heterocycles. The van der Waals surface area contributed by atoms with Gasteiger partial charge in [-0.05, 0) is 26.2 Å². The molecule has 0 aromatic carbocycles. The highest BCUT2D eigenvalue weighted by Gasteiger charge is 2.48. The van der Waals surface area contributed by atoms with Gasteiger partial charge in [-0.2, -0.15) is 0 Å². The van der Waals surface area contributed by atoms with Crippen LogP contribution >= 0.6 is 0 Å². The lowest BCUT2D eigenvalue weighted by Crippen LogP contribution is -2.65. The van der Waals surface area contributed by atoms with Crippen LogP contribution in [0.15, 0.2) is 22.8 Å². The lowest BCUT2D eigenvalue weighted by molar-refractivity contribution is -0.133. The van der Waals surface area contributed by atoms with Gasteiger partial charge in [-0.1, -0.05) is 19.3 Å². The van der Waals surface area contributed by atoms with E-state index in [1.165, 1.54) is 6.42 Å². The van der Waals surface area contributed by atoms with Gasteiger partial charge in [0.25, 0.3) is 5.91 Å². The van der Waals surface area contributed by atoms with Crippen molar-refractivity contribution >= 4 is 22.9 Å². The maximum absolute atomic E-state index is 13.6. The average Bonchev–Trinajstić information content (AvgIpc) is 3.40. The predicted octanol–water partition coefficient (Wildman–Crippen LogP) is 2.62. The minimum absolute atomic E-state index is 0.0416. The number of amides is 2. The number of aromatic nitrogens is 1. The number of hydrogen-bond donors (Lipinski definition) is 1. The molecule has 4 heterocycles. The molecule has 0 unspecified atom stereocenters. The smallest absolute Gasteiger partial charge is 0.271 e. The van der Waals surface area contributed by atoms with Crippen molar-refractivity contribution in [2.45, 2.75) is 63.6 Å². The molecule has 8 heteroatoms. The van der Waals surface area contributed by atoms with E-state index in [4.69, 9.17) is 9.15 Å². The zero-order valence-corrected chi connectivity index (χ0v) is 19.0. The molecule has 174 valence electrons. The molecule has 0 spiro atoms. The molecule has 1 atom stereocenters. The summed E-state index contributed by atoms with van der Waals surface area (Å²) in [6, 6.07) is 3.89. The van der Waals surface area contributed by atoms with Crippen LogP contribution in [0, 0.1) is 0 Å². The van der Waals surface area contributed by atoms with Crippen molar-refractivity contribution in [1.29, 1.82) is 0 Å². The van der Waals surface area contributed by atoms with E-state index >= 15 is 0 Å². The summed E-state index contributed by atoms with van der Waals surface area (Å²) in [5, 5.41) is 3.29. The Bertz CT molecular complexity index is 970. The molecule has 0 bridgehead atoms. The fraction of sp³-hybridized carbons (Fsp3) is 0.667. The summed E-state index contributed by atoms with van der Waals surface area (Å²) in [5.74, 6) is -0.133. The Labute approximate surface area is 188 Å². The van der Waals surface area contributed by atoms with E-state index in [-0.39, 0.29) is 17.9 Å². The summed E-state index contributed by atoms with van der Waals surface area (Å²) < 4.78 is 13.0. The van der Waals surface area contributed by atoms with Crippen LogP contribution in [-0.2, 0) is 16.1 Å². The highest BCUT2D eigenvalue weighted by Crippen LogP contribution is 2.33. The van der Waals surface area contributed by atoms with Crippen molar-refractivity contribution in [3.8, 4) is 0 Å². The van der Waals surface area contributed by atoms with E-state index in [0.717, 1.165) is 70.5 Å². The van der Waals surface area contributed by atoms with Gasteiger partial charge in [-0.3, -0.25) is 14.5 Å². The highest BCUT2D eigenvalue weighted by atomic mass is 16.5. The zero-order valence-electron chi connectivity index (χ0n) is 19.0. The topological polar surface area (TPSA) is 80.0 Å². The molecule has 0 radical (unpaired) electrons. The van der Waals surface area contributed by atoms with E-state index in [9.17, 15) is 9.59 Å². The van der Waals surface area contributed by atoms with Gasteiger partial charge in [0.05, 0.1) is 31.5 Å². The quantitative estimate of drug-likeness (QED) is 0.744. The lowest BCUT2D eigenvalue weighted by atomic mass is 9.91. The molecule has 2 aromatic rings. The maximum atomic E-state index is 13.6. The molecule has 1 saturated heterocycles. The molecule has 8 nitrogen and oxygen atoms in total. The largest absolute Gasteiger partial charge is 0.463 e. The van der Waals surface area contributed by atoms with Crippen LogP contribution in [0.2, 0.25) is 0 Å². The summed E-state index contributed by atoms with van der Waals surface area (Å²) >= 11 is 0. The molecule has 32 heavy (non-hydrogen) atoms. The molecule has 2 aromatic heterocycles. The molecular weight excluding hydrogens is 408 g/mol. The summed E-state index contributed by atoms with van der Waals surface area (Å²) in [5.41, 5.74) is 1.24. The second kappa shape index (κ2) is 8.90. The number of rotatable bonds is 6. The van der Waals surface area contributed by atoms with Crippen molar-refractivity contribution in [1.82, 2.24) is 19.7 Å². The third-order valence-corrected chi connectivity index (χ3v) is 7.44. The van der Waals surface area contributed by atoms with Crippen molar-refractivity contribution in [3.63, 3.8) is 0 Å². The second-order valence-electron chi connectivity index (χ2n) is 9.63. The Morgan fingerprint density at radius 2 is 1.97 bits per heavy atom. The zero-order chi connectivity index (χ0) is 22.1. The van der Waals surface area contributed by atoms with Crippen LogP contribution in [0.5, 0.6) is 0 Å². The SMILES string of the molecule is C[C@@]1(C(=O)NC2CCCCC2)Cn2c(cc3occc32)C(=O)N1CCCN1CCOCC1. The summed E-state index contributed by atoms with van der Waals surface area (Å²) in [7, 11) is 0. The number of nitrogens with zero attached hydrogens (tertiary/aromatic N) is 3. The number of fused-ring (bicyclic) bond motifs is 3. The van der Waals surface area contributed by atoms with E-state index in [0.29, 0.717) is 24.4 Å². The summed E-state index contributed by atoms with van der Waals surface area (Å²) in [6.45, 7) is 7.18. The number of hydrogen-bond acceptors (Lipinski definition) is 5. The van der Waals surface area contributed by atoms with Gasteiger partial charge in [-0.15, -0.1) is 0 Å². The number of carbonyl (C=O) groups excluding carboxylic acids is 2. The standard InChI is InChI=1S/C24H34N4O4/c1-24(23(30)25-18-6-3-2-4-7-18)17-27-19-8-13-32-21(19)16-20(27)22(29)28(24)10-5-9-26-11-14-31-15-12-26/h8,13,16,18H,2-7,9-12,14-15,17H2,1H3,(H,25,30)/t24-/m0/s1. The number of ether oxygens (including phenoxy) is 1. The van der Waals surface area contributed by atoms with Gasteiger partial charge in [-0.25, -0.2) is 0 Å². The molecule has 3 aliphatic rings. The summed E-state index contributed by atoms with van der Waals surface area (Å²) in [4.78, 5) is 31.4. The van der Waals surface area contributed by atoms with Crippen LogP contribution in [0.4, 0.5) is 0 Å². The summed E-state index contributed by atoms with van der Waals surface area (Å²) in [6.07, 6.45) is 8.05. The Hall–Kier alpha value is -2.32. The molecule has 2 amide bonds. The third kappa shape index (κ3) is 3.94. The first-order valence-electron chi connectivity index (χ1n) is 12.1. The minimum Gasteiger partial charge on any atom is -0.463 e. The monoisotopic (exact) mass is 442 g/mol. The Morgan fingerprint density at radius 3 is 2.75 bits per heavy atom. The first-order valence-corrected chi connectivity index (χ1v) is 12.1.